The molecule has 5 nitrogen and oxygen atoms in total. The van der Waals surface area contributed by atoms with E-state index < -0.39 is 0 Å². The van der Waals surface area contributed by atoms with Crippen LogP contribution in [0, 0.1) is 5.92 Å². The SMILES string of the molecule is O=C(Cn1cccc1C(=O)c1ccccc1)NCCCN1CCC(Cc2ccccc2)CC1. The number of rotatable bonds is 10. The summed E-state index contributed by atoms with van der Waals surface area (Å²) in [4.78, 5) is 27.7. The van der Waals surface area contributed by atoms with Crippen LogP contribution in [0.1, 0.15) is 40.9 Å². The summed E-state index contributed by atoms with van der Waals surface area (Å²) in [6.07, 6.45) is 6.39. The fourth-order valence-corrected chi connectivity index (χ4v) is 4.60. The number of aromatic nitrogens is 1. The average Bonchev–Trinajstić information content (AvgIpc) is 3.31. The highest BCUT2D eigenvalue weighted by Crippen LogP contribution is 2.21. The fraction of sp³-hybridized carbons (Fsp3) is 0.357. The molecule has 2 aromatic carbocycles. The summed E-state index contributed by atoms with van der Waals surface area (Å²) in [6.45, 7) is 4.11. The Hall–Kier alpha value is -3.18. The van der Waals surface area contributed by atoms with Crippen molar-refractivity contribution in [3.05, 3.63) is 95.8 Å². The van der Waals surface area contributed by atoms with Crippen molar-refractivity contribution in [1.29, 1.82) is 0 Å². The van der Waals surface area contributed by atoms with Gasteiger partial charge in [-0.1, -0.05) is 60.7 Å². The Morgan fingerprint density at radius 1 is 0.879 bits per heavy atom. The number of carbonyl (C=O) groups is 2. The molecule has 172 valence electrons. The number of benzene rings is 2. The molecule has 3 aromatic rings. The van der Waals surface area contributed by atoms with E-state index in [2.05, 4.69) is 40.5 Å². The summed E-state index contributed by atoms with van der Waals surface area (Å²) in [5.74, 6) is 0.650. The smallest absolute Gasteiger partial charge is 0.239 e. The third-order valence-electron chi connectivity index (χ3n) is 6.46. The van der Waals surface area contributed by atoms with Crippen LogP contribution in [0.4, 0.5) is 0 Å². The van der Waals surface area contributed by atoms with Crippen molar-refractivity contribution in [1.82, 2.24) is 14.8 Å². The van der Waals surface area contributed by atoms with E-state index in [0.717, 1.165) is 32.0 Å². The van der Waals surface area contributed by atoms with Crippen molar-refractivity contribution >= 4 is 11.7 Å². The lowest BCUT2D eigenvalue weighted by Crippen LogP contribution is -2.37. The molecule has 0 aliphatic carbocycles. The summed E-state index contributed by atoms with van der Waals surface area (Å²) < 4.78 is 1.72. The largest absolute Gasteiger partial charge is 0.355 e. The number of hydrogen-bond acceptors (Lipinski definition) is 3. The van der Waals surface area contributed by atoms with E-state index in [0.29, 0.717) is 17.8 Å². The topological polar surface area (TPSA) is 54.3 Å². The number of carbonyl (C=O) groups excluding carboxylic acids is 2. The summed E-state index contributed by atoms with van der Waals surface area (Å²) in [6, 6.07) is 23.5. The van der Waals surface area contributed by atoms with Gasteiger partial charge < -0.3 is 14.8 Å². The van der Waals surface area contributed by atoms with E-state index in [1.165, 1.54) is 24.8 Å². The van der Waals surface area contributed by atoms with Gasteiger partial charge in [0.15, 0.2) is 0 Å². The second kappa shape index (κ2) is 11.6. The maximum absolute atomic E-state index is 12.7. The molecular weight excluding hydrogens is 410 g/mol. The first-order valence-electron chi connectivity index (χ1n) is 12.0. The van der Waals surface area contributed by atoms with Crippen molar-refractivity contribution in [3.8, 4) is 0 Å². The minimum absolute atomic E-state index is 0.0603. The van der Waals surface area contributed by atoms with Crippen molar-refractivity contribution in [3.63, 3.8) is 0 Å². The van der Waals surface area contributed by atoms with Crippen LogP contribution < -0.4 is 5.32 Å². The lowest BCUT2D eigenvalue weighted by molar-refractivity contribution is -0.121. The van der Waals surface area contributed by atoms with Crippen LogP contribution in [-0.2, 0) is 17.8 Å². The molecule has 0 saturated carbocycles. The predicted molar refractivity (Wildman–Crippen MR) is 131 cm³/mol. The van der Waals surface area contributed by atoms with Gasteiger partial charge >= 0.3 is 0 Å². The van der Waals surface area contributed by atoms with Crippen LogP contribution in [0.15, 0.2) is 79.0 Å². The van der Waals surface area contributed by atoms with Gasteiger partial charge in [0.2, 0.25) is 11.7 Å². The van der Waals surface area contributed by atoms with E-state index in [1.54, 1.807) is 29.0 Å². The van der Waals surface area contributed by atoms with Crippen LogP contribution in [0.25, 0.3) is 0 Å². The number of ketones is 1. The molecule has 1 aliphatic heterocycles. The Balaban J connectivity index is 1.14. The lowest BCUT2D eigenvalue weighted by Gasteiger charge is -2.32. The zero-order valence-corrected chi connectivity index (χ0v) is 19.2. The average molecular weight is 444 g/mol. The Morgan fingerprint density at radius 2 is 1.58 bits per heavy atom. The van der Waals surface area contributed by atoms with Gasteiger partial charge in [-0.2, -0.15) is 0 Å². The van der Waals surface area contributed by atoms with Crippen molar-refractivity contribution in [2.24, 2.45) is 5.92 Å². The van der Waals surface area contributed by atoms with Crippen molar-refractivity contribution < 1.29 is 9.59 Å². The second-order valence-corrected chi connectivity index (χ2v) is 8.89. The first kappa shape index (κ1) is 23.0. The Labute approximate surface area is 196 Å². The Bertz CT molecular complexity index is 1020. The molecule has 0 radical (unpaired) electrons. The summed E-state index contributed by atoms with van der Waals surface area (Å²) in [7, 11) is 0. The minimum atomic E-state index is -0.0657. The maximum atomic E-state index is 12.7. The maximum Gasteiger partial charge on any atom is 0.239 e. The molecule has 1 aliphatic rings. The molecule has 0 spiro atoms. The summed E-state index contributed by atoms with van der Waals surface area (Å²) >= 11 is 0. The Morgan fingerprint density at radius 3 is 2.30 bits per heavy atom. The van der Waals surface area contributed by atoms with E-state index in [1.807, 2.05) is 24.3 Å². The van der Waals surface area contributed by atoms with E-state index in [-0.39, 0.29) is 18.2 Å². The number of piperidine rings is 1. The molecule has 5 heteroatoms. The third kappa shape index (κ3) is 6.65. The molecule has 4 rings (SSSR count). The standard InChI is InChI=1S/C28H33N3O2/c32-27(22-31-18-7-13-26(31)28(33)25-11-5-2-6-12-25)29-16-8-17-30-19-14-24(15-20-30)21-23-9-3-1-4-10-23/h1-7,9-13,18,24H,8,14-17,19-22H2,(H,29,32). The number of nitrogens with zero attached hydrogens (tertiary/aromatic N) is 2. The first-order chi connectivity index (χ1) is 16.2. The van der Waals surface area contributed by atoms with Gasteiger partial charge in [-0.15, -0.1) is 0 Å². The Kier molecular flexibility index (Phi) is 8.09. The van der Waals surface area contributed by atoms with Crippen LogP contribution in [-0.4, -0.2) is 47.3 Å². The van der Waals surface area contributed by atoms with Crippen LogP contribution >= 0.6 is 0 Å². The quantitative estimate of drug-likeness (QED) is 0.378. The molecule has 1 N–H and O–H groups in total. The van der Waals surface area contributed by atoms with Gasteiger partial charge in [0.05, 0.1) is 5.69 Å². The molecule has 1 aromatic heterocycles. The molecule has 2 heterocycles. The van der Waals surface area contributed by atoms with Crippen molar-refractivity contribution in [2.75, 3.05) is 26.2 Å². The van der Waals surface area contributed by atoms with Crippen LogP contribution in [0.3, 0.4) is 0 Å². The normalized spacial score (nSPS) is 14.8. The minimum Gasteiger partial charge on any atom is -0.355 e. The van der Waals surface area contributed by atoms with E-state index in [4.69, 9.17) is 0 Å². The highest BCUT2D eigenvalue weighted by Gasteiger charge is 2.19. The number of hydrogen-bond donors (Lipinski definition) is 1. The second-order valence-electron chi connectivity index (χ2n) is 8.89. The number of amides is 1. The van der Waals surface area contributed by atoms with E-state index in [9.17, 15) is 9.59 Å². The van der Waals surface area contributed by atoms with Crippen LogP contribution in [0.2, 0.25) is 0 Å². The van der Waals surface area contributed by atoms with Gasteiger partial charge in [0, 0.05) is 18.3 Å². The molecule has 0 atom stereocenters. The molecule has 0 bridgehead atoms. The lowest BCUT2D eigenvalue weighted by atomic mass is 9.90. The van der Waals surface area contributed by atoms with Gasteiger partial charge in [-0.25, -0.2) is 0 Å². The number of likely N-dealkylation sites (tertiary alicyclic amines) is 1. The molecular formula is C28H33N3O2. The predicted octanol–water partition coefficient (Wildman–Crippen LogP) is 4.18. The fourth-order valence-electron chi connectivity index (χ4n) is 4.60. The molecule has 1 saturated heterocycles. The number of nitrogens with one attached hydrogen (secondary N) is 1. The zero-order valence-electron chi connectivity index (χ0n) is 19.2. The molecule has 33 heavy (non-hydrogen) atoms. The van der Waals surface area contributed by atoms with Gasteiger partial charge in [0.1, 0.15) is 6.54 Å². The van der Waals surface area contributed by atoms with Crippen molar-refractivity contribution in [2.45, 2.75) is 32.2 Å². The van der Waals surface area contributed by atoms with E-state index >= 15 is 0 Å². The van der Waals surface area contributed by atoms with Gasteiger partial charge in [0.25, 0.3) is 0 Å². The molecule has 1 fully saturated rings. The monoisotopic (exact) mass is 443 g/mol. The van der Waals surface area contributed by atoms with Crippen LogP contribution in [0.5, 0.6) is 0 Å². The van der Waals surface area contributed by atoms with Gasteiger partial charge in [-0.3, -0.25) is 9.59 Å². The van der Waals surface area contributed by atoms with Gasteiger partial charge in [-0.05, 0) is 68.9 Å². The highest BCUT2D eigenvalue weighted by molar-refractivity contribution is 6.08. The molecule has 1 amide bonds. The zero-order chi connectivity index (χ0) is 22.9. The first-order valence-corrected chi connectivity index (χ1v) is 12.0. The highest BCUT2D eigenvalue weighted by atomic mass is 16.2. The summed E-state index contributed by atoms with van der Waals surface area (Å²) in [5, 5.41) is 3.01. The molecule has 0 unspecified atom stereocenters. The third-order valence-corrected chi connectivity index (χ3v) is 6.46. The summed E-state index contributed by atoms with van der Waals surface area (Å²) in [5.41, 5.74) is 2.61.